The van der Waals surface area contributed by atoms with E-state index < -0.39 is 5.97 Å². The van der Waals surface area contributed by atoms with Crippen molar-refractivity contribution in [3.63, 3.8) is 0 Å². The zero-order chi connectivity index (χ0) is 13.1. The molecule has 18 heavy (non-hydrogen) atoms. The summed E-state index contributed by atoms with van der Waals surface area (Å²) in [6, 6.07) is 0.298. The van der Waals surface area contributed by atoms with E-state index in [1.807, 2.05) is 0 Å². The zero-order valence-electron chi connectivity index (χ0n) is 11.8. The first kappa shape index (κ1) is 13.9. The minimum atomic E-state index is -0.605. The Hall–Kier alpha value is -0.570. The molecule has 2 aliphatic rings. The van der Waals surface area contributed by atoms with Crippen molar-refractivity contribution < 1.29 is 9.90 Å². The number of carboxylic acid groups (broad SMARTS) is 1. The maximum Gasteiger partial charge on any atom is 0.320 e. The van der Waals surface area contributed by atoms with Crippen LogP contribution < -0.4 is 0 Å². The smallest absolute Gasteiger partial charge is 0.320 e. The van der Waals surface area contributed by atoms with Gasteiger partial charge in [-0.25, -0.2) is 0 Å². The van der Waals surface area contributed by atoms with E-state index in [2.05, 4.69) is 18.7 Å². The van der Waals surface area contributed by atoms with Crippen molar-refractivity contribution in [2.45, 2.75) is 70.9 Å². The normalized spacial score (nSPS) is 38.6. The first-order chi connectivity index (χ1) is 8.61. The molecule has 3 heteroatoms. The zero-order valence-corrected chi connectivity index (χ0v) is 11.8. The molecule has 2 rings (SSSR count). The number of nitrogens with zero attached hydrogens (tertiary/aromatic N) is 1. The van der Waals surface area contributed by atoms with Gasteiger partial charge in [0.05, 0.1) is 0 Å². The van der Waals surface area contributed by atoms with E-state index in [9.17, 15) is 9.90 Å². The molecule has 1 aliphatic heterocycles. The topological polar surface area (TPSA) is 40.5 Å². The minimum absolute atomic E-state index is 0.223. The van der Waals surface area contributed by atoms with E-state index in [1.54, 1.807) is 0 Å². The van der Waals surface area contributed by atoms with E-state index >= 15 is 0 Å². The average Bonchev–Trinajstić information content (AvgIpc) is 2.38. The van der Waals surface area contributed by atoms with E-state index in [0.717, 1.165) is 25.3 Å². The fraction of sp³-hybridized carbons (Fsp3) is 0.933. The number of hydrogen-bond donors (Lipinski definition) is 1. The highest BCUT2D eigenvalue weighted by molar-refractivity contribution is 5.73. The second-order valence-electron chi connectivity index (χ2n) is 6.32. The standard InChI is InChI=1S/C15H27NO2/c1-3-12-7-8-16(14(10-12)15(17)18)13-6-4-5-11(2)9-13/h11-14H,3-10H2,1-2H3,(H,17,18). The van der Waals surface area contributed by atoms with Gasteiger partial charge < -0.3 is 5.11 Å². The number of hydrogen-bond acceptors (Lipinski definition) is 2. The van der Waals surface area contributed by atoms with Gasteiger partial charge in [-0.15, -0.1) is 0 Å². The molecule has 0 bridgehead atoms. The highest BCUT2D eigenvalue weighted by Gasteiger charge is 2.37. The molecule has 3 nitrogen and oxygen atoms in total. The van der Waals surface area contributed by atoms with Gasteiger partial charge in [-0.05, 0) is 44.1 Å². The molecule has 1 saturated heterocycles. The Bertz CT molecular complexity index is 292. The molecule has 0 spiro atoms. The maximum atomic E-state index is 11.5. The van der Waals surface area contributed by atoms with Crippen LogP contribution in [0.15, 0.2) is 0 Å². The molecule has 0 radical (unpaired) electrons. The summed E-state index contributed by atoms with van der Waals surface area (Å²) in [6.45, 7) is 5.48. The fourth-order valence-corrected chi connectivity index (χ4v) is 3.81. The van der Waals surface area contributed by atoms with Gasteiger partial charge in [0, 0.05) is 6.04 Å². The van der Waals surface area contributed by atoms with Crippen LogP contribution in [-0.2, 0) is 4.79 Å². The summed E-state index contributed by atoms with van der Waals surface area (Å²) in [6.07, 6.45) is 8.15. The summed E-state index contributed by atoms with van der Waals surface area (Å²) in [4.78, 5) is 13.8. The molecule has 0 aromatic heterocycles. The minimum Gasteiger partial charge on any atom is -0.480 e. The van der Waals surface area contributed by atoms with E-state index in [-0.39, 0.29) is 6.04 Å². The van der Waals surface area contributed by atoms with Crippen LogP contribution in [0.3, 0.4) is 0 Å². The Morgan fingerprint density at radius 1 is 1.28 bits per heavy atom. The average molecular weight is 253 g/mol. The van der Waals surface area contributed by atoms with Crippen molar-refractivity contribution in [2.75, 3.05) is 6.54 Å². The molecule has 0 aromatic carbocycles. The van der Waals surface area contributed by atoms with Gasteiger partial charge in [0.1, 0.15) is 6.04 Å². The van der Waals surface area contributed by atoms with Gasteiger partial charge in [0.15, 0.2) is 0 Å². The van der Waals surface area contributed by atoms with Crippen molar-refractivity contribution in [3.8, 4) is 0 Å². The van der Waals surface area contributed by atoms with Gasteiger partial charge in [-0.3, -0.25) is 9.69 Å². The summed E-state index contributed by atoms with van der Waals surface area (Å²) >= 11 is 0. The maximum absolute atomic E-state index is 11.5. The van der Waals surface area contributed by atoms with Crippen molar-refractivity contribution in [3.05, 3.63) is 0 Å². The lowest BCUT2D eigenvalue weighted by atomic mass is 9.82. The first-order valence-corrected chi connectivity index (χ1v) is 7.60. The number of rotatable bonds is 3. The number of aliphatic carboxylic acids is 1. The van der Waals surface area contributed by atoms with Crippen LogP contribution in [0.1, 0.15) is 58.8 Å². The molecule has 2 fully saturated rings. The summed E-state index contributed by atoms with van der Waals surface area (Å²) in [5.74, 6) is 0.775. The van der Waals surface area contributed by atoms with Crippen LogP contribution in [0.5, 0.6) is 0 Å². The van der Waals surface area contributed by atoms with Crippen LogP contribution in [0.2, 0.25) is 0 Å². The van der Waals surface area contributed by atoms with E-state index in [4.69, 9.17) is 0 Å². The monoisotopic (exact) mass is 253 g/mol. The predicted octanol–water partition coefficient (Wildman–Crippen LogP) is 3.14. The Labute approximate surface area is 111 Å². The predicted molar refractivity (Wildman–Crippen MR) is 72.6 cm³/mol. The van der Waals surface area contributed by atoms with Crippen LogP contribution in [0, 0.1) is 11.8 Å². The molecule has 104 valence electrons. The van der Waals surface area contributed by atoms with E-state index in [0.29, 0.717) is 12.0 Å². The highest BCUT2D eigenvalue weighted by atomic mass is 16.4. The number of likely N-dealkylation sites (tertiary alicyclic amines) is 1. The quantitative estimate of drug-likeness (QED) is 0.840. The lowest BCUT2D eigenvalue weighted by molar-refractivity contribution is -0.147. The number of piperidine rings is 1. The molecule has 4 unspecified atom stereocenters. The molecule has 1 aliphatic carbocycles. The summed E-state index contributed by atoms with van der Waals surface area (Å²) in [5.41, 5.74) is 0. The number of carboxylic acids is 1. The van der Waals surface area contributed by atoms with Crippen molar-refractivity contribution in [1.82, 2.24) is 4.90 Å². The summed E-state index contributed by atoms with van der Waals surface area (Å²) in [7, 11) is 0. The van der Waals surface area contributed by atoms with Crippen molar-refractivity contribution in [2.24, 2.45) is 11.8 Å². The van der Waals surface area contributed by atoms with Gasteiger partial charge in [0.25, 0.3) is 0 Å². The van der Waals surface area contributed by atoms with Gasteiger partial charge in [-0.2, -0.15) is 0 Å². The molecule has 0 aromatic rings. The second-order valence-corrected chi connectivity index (χ2v) is 6.32. The highest BCUT2D eigenvalue weighted by Crippen LogP contribution is 2.33. The van der Waals surface area contributed by atoms with Crippen molar-refractivity contribution >= 4 is 5.97 Å². The molecular formula is C15H27NO2. The van der Waals surface area contributed by atoms with Crippen LogP contribution >= 0.6 is 0 Å². The van der Waals surface area contributed by atoms with Crippen LogP contribution in [0.25, 0.3) is 0 Å². The van der Waals surface area contributed by atoms with Crippen LogP contribution in [0.4, 0.5) is 0 Å². The molecule has 1 heterocycles. The lowest BCUT2D eigenvalue weighted by Gasteiger charge is -2.44. The molecule has 0 amide bonds. The Balaban J connectivity index is 2.03. The lowest BCUT2D eigenvalue weighted by Crippen LogP contribution is -2.53. The third kappa shape index (κ3) is 3.05. The second kappa shape index (κ2) is 6.05. The third-order valence-corrected chi connectivity index (χ3v) is 4.99. The van der Waals surface area contributed by atoms with Gasteiger partial charge >= 0.3 is 5.97 Å². The Morgan fingerprint density at radius 2 is 2.06 bits per heavy atom. The number of carbonyl (C=O) groups is 1. The first-order valence-electron chi connectivity index (χ1n) is 7.60. The van der Waals surface area contributed by atoms with Gasteiger partial charge in [-0.1, -0.05) is 33.1 Å². The Morgan fingerprint density at radius 3 is 2.67 bits per heavy atom. The largest absolute Gasteiger partial charge is 0.480 e. The van der Waals surface area contributed by atoms with Gasteiger partial charge in [0.2, 0.25) is 0 Å². The van der Waals surface area contributed by atoms with Crippen LogP contribution in [-0.4, -0.2) is 34.6 Å². The third-order valence-electron chi connectivity index (χ3n) is 4.99. The molecule has 1 saturated carbocycles. The molecular weight excluding hydrogens is 226 g/mol. The van der Waals surface area contributed by atoms with E-state index in [1.165, 1.54) is 32.1 Å². The summed E-state index contributed by atoms with van der Waals surface area (Å²) in [5, 5.41) is 9.48. The van der Waals surface area contributed by atoms with Crippen molar-refractivity contribution in [1.29, 1.82) is 0 Å². The Kier molecular flexibility index (Phi) is 4.66. The molecule has 1 N–H and O–H groups in total. The molecule has 4 atom stereocenters. The fourth-order valence-electron chi connectivity index (χ4n) is 3.81. The summed E-state index contributed by atoms with van der Waals surface area (Å²) < 4.78 is 0. The SMILES string of the molecule is CCC1CCN(C2CCCC(C)C2)C(C(=O)O)C1.